The van der Waals surface area contributed by atoms with Gasteiger partial charge in [-0.3, -0.25) is 4.79 Å². The number of aliphatic hydroxyl groups is 1. The predicted molar refractivity (Wildman–Crippen MR) is 70.7 cm³/mol. The number of hydrogen-bond donors (Lipinski definition) is 1. The number of aromatic nitrogens is 2. The highest BCUT2D eigenvalue weighted by molar-refractivity contribution is 5.78. The minimum Gasteiger partial charge on any atom is -0.396 e. The van der Waals surface area contributed by atoms with Crippen molar-refractivity contribution in [2.24, 2.45) is 5.92 Å². The maximum Gasteiger partial charge on any atom is 0.228 e. The van der Waals surface area contributed by atoms with E-state index in [0.717, 1.165) is 24.3 Å². The van der Waals surface area contributed by atoms with Crippen LogP contribution in [0.25, 0.3) is 5.65 Å². The molecule has 0 saturated carbocycles. The number of carbonyl (C=O) groups excluding carboxylic acids is 1. The van der Waals surface area contributed by atoms with E-state index >= 15 is 0 Å². The second-order valence-corrected chi connectivity index (χ2v) is 5.05. The van der Waals surface area contributed by atoms with Crippen molar-refractivity contribution in [2.45, 2.75) is 12.8 Å². The van der Waals surface area contributed by atoms with Crippen LogP contribution < -0.4 is 0 Å². The molecule has 0 aliphatic carbocycles. The number of amides is 1. The Kier molecular flexibility index (Phi) is 3.21. The minimum absolute atomic E-state index is 0.0966. The largest absolute Gasteiger partial charge is 0.396 e. The number of fused-ring (bicyclic) bond motifs is 1. The fourth-order valence-electron chi connectivity index (χ4n) is 2.55. The Hall–Kier alpha value is -1.88. The molecule has 3 rings (SSSR count). The maximum atomic E-state index is 12.1. The molecule has 1 saturated heterocycles. The van der Waals surface area contributed by atoms with E-state index in [1.807, 2.05) is 39.9 Å². The number of likely N-dealkylation sites (tertiary alicyclic amines) is 1. The molecule has 0 bridgehead atoms. The van der Waals surface area contributed by atoms with E-state index < -0.39 is 0 Å². The summed E-state index contributed by atoms with van der Waals surface area (Å²) in [5.74, 6) is 0.337. The van der Waals surface area contributed by atoms with Gasteiger partial charge in [0.1, 0.15) is 5.65 Å². The molecule has 1 N–H and O–H groups in total. The lowest BCUT2D eigenvalue weighted by Crippen LogP contribution is -2.30. The van der Waals surface area contributed by atoms with Crippen LogP contribution in [0, 0.1) is 5.92 Å². The predicted octanol–water partition coefficient (Wildman–Crippen LogP) is 0.718. The van der Waals surface area contributed by atoms with Crippen LogP contribution in [0.2, 0.25) is 0 Å². The van der Waals surface area contributed by atoms with Gasteiger partial charge in [-0.15, -0.1) is 0 Å². The van der Waals surface area contributed by atoms with Gasteiger partial charge in [0.15, 0.2) is 0 Å². The van der Waals surface area contributed by atoms with Crippen molar-refractivity contribution < 1.29 is 9.90 Å². The zero-order valence-corrected chi connectivity index (χ0v) is 10.7. The second kappa shape index (κ2) is 5.01. The molecule has 2 aromatic heterocycles. The molecular weight excluding hydrogens is 242 g/mol. The second-order valence-electron chi connectivity index (χ2n) is 5.05. The number of nitrogens with zero attached hydrogens (tertiary/aromatic N) is 3. The lowest BCUT2D eigenvalue weighted by molar-refractivity contribution is -0.129. The molecule has 1 aliphatic rings. The van der Waals surface area contributed by atoms with Gasteiger partial charge in [0.2, 0.25) is 5.91 Å². The van der Waals surface area contributed by atoms with Crippen LogP contribution in [0.15, 0.2) is 30.6 Å². The smallest absolute Gasteiger partial charge is 0.228 e. The molecule has 1 fully saturated rings. The first-order valence-electron chi connectivity index (χ1n) is 6.57. The average molecular weight is 259 g/mol. The van der Waals surface area contributed by atoms with E-state index in [0.29, 0.717) is 13.0 Å². The quantitative estimate of drug-likeness (QED) is 0.883. The van der Waals surface area contributed by atoms with Gasteiger partial charge < -0.3 is 14.4 Å². The molecule has 5 heteroatoms. The van der Waals surface area contributed by atoms with Crippen LogP contribution in [-0.4, -0.2) is 45.0 Å². The Balaban J connectivity index is 1.69. The third-order valence-corrected chi connectivity index (χ3v) is 3.64. The van der Waals surface area contributed by atoms with Gasteiger partial charge >= 0.3 is 0 Å². The highest BCUT2D eigenvalue weighted by Crippen LogP contribution is 2.16. The van der Waals surface area contributed by atoms with Crippen molar-refractivity contribution in [1.29, 1.82) is 0 Å². The summed E-state index contributed by atoms with van der Waals surface area (Å²) >= 11 is 0. The molecule has 100 valence electrons. The first-order chi connectivity index (χ1) is 9.26. The minimum atomic E-state index is 0.0966. The maximum absolute atomic E-state index is 12.1. The zero-order chi connectivity index (χ0) is 13.2. The number of carbonyl (C=O) groups is 1. The molecule has 0 spiro atoms. The third kappa shape index (κ3) is 2.46. The van der Waals surface area contributed by atoms with E-state index in [2.05, 4.69) is 4.98 Å². The topological polar surface area (TPSA) is 57.8 Å². The van der Waals surface area contributed by atoms with Gasteiger partial charge in [-0.1, -0.05) is 6.07 Å². The van der Waals surface area contributed by atoms with Crippen molar-refractivity contribution in [3.8, 4) is 0 Å². The summed E-state index contributed by atoms with van der Waals surface area (Å²) in [5.41, 5.74) is 1.66. The van der Waals surface area contributed by atoms with Crippen LogP contribution in [0.1, 0.15) is 12.1 Å². The van der Waals surface area contributed by atoms with Crippen LogP contribution in [0.3, 0.4) is 0 Å². The van der Waals surface area contributed by atoms with Gasteiger partial charge in [-0.25, -0.2) is 4.98 Å². The number of aliphatic hydroxyl groups excluding tert-OH is 1. The fourth-order valence-corrected chi connectivity index (χ4v) is 2.55. The summed E-state index contributed by atoms with van der Waals surface area (Å²) in [7, 11) is 0. The highest BCUT2D eigenvalue weighted by atomic mass is 16.3. The molecule has 3 heterocycles. The Morgan fingerprint density at radius 2 is 2.37 bits per heavy atom. The number of pyridine rings is 1. The van der Waals surface area contributed by atoms with Gasteiger partial charge in [0.25, 0.3) is 0 Å². The number of hydrogen-bond acceptors (Lipinski definition) is 3. The van der Waals surface area contributed by atoms with Gasteiger partial charge in [0.05, 0.1) is 12.1 Å². The fraction of sp³-hybridized carbons (Fsp3) is 0.429. The molecule has 1 aliphatic heterocycles. The van der Waals surface area contributed by atoms with E-state index in [9.17, 15) is 4.79 Å². The average Bonchev–Trinajstić information content (AvgIpc) is 3.04. The van der Waals surface area contributed by atoms with Gasteiger partial charge in [0, 0.05) is 38.0 Å². The van der Waals surface area contributed by atoms with E-state index in [1.54, 1.807) is 0 Å². The van der Waals surface area contributed by atoms with Crippen molar-refractivity contribution in [2.75, 3.05) is 19.7 Å². The Bertz CT molecular complexity index is 560. The van der Waals surface area contributed by atoms with Crippen molar-refractivity contribution in [3.63, 3.8) is 0 Å². The van der Waals surface area contributed by atoms with Crippen LogP contribution >= 0.6 is 0 Å². The summed E-state index contributed by atoms with van der Waals surface area (Å²) in [6.45, 7) is 1.58. The third-order valence-electron chi connectivity index (χ3n) is 3.64. The van der Waals surface area contributed by atoms with E-state index in [-0.39, 0.29) is 18.4 Å². The summed E-state index contributed by atoms with van der Waals surface area (Å²) in [4.78, 5) is 18.4. The zero-order valence-electron chi connectivity index (χ0n) is 10.7. The number of imidazole rings is 1. The summed E-state index contributed by atoms with van der Waals surface area (Å²) in [6, 6.07) is 5.79. The first kappa shape index (κ1) is 12.2. The van der Waals surface area contributed by atoms with Gasteiger partial charge in [-0.2, -0.15) is 0 Å². The Labute approximate surface area is 111 Å². The molecule has 1 unspecified atom stereocenters. The summed E-state index contributed by atoms with van der Waals surface area (Å²) < 4.78 is 1.92. The monoisotopic (exact) mass is 259 g/mol. The van der Waals surface area contributed by atoms with Crippen molar-refractivity contribution in [3.05, 3.63) is 36.3 Å². The molecule has 5 nitrogen and oxygen atoms in total. The standard InChI is InChI=1S/C14H17N3O2/c18-10-11-4-6-17(8-11)14(19)7-12-9-16-5-2-1-3-13(16)15-12/h1-3,5,9,11,18H,4,6-8,10H2. The highest BCUT2D eigenvalue weighted by Gasteiger charge is 2.25. The normalized spacial score (nSPS) is 19.2. The Morgan fingerprint density at radius 1 is 1.47 bits per heavy atom. The van der Waals surface area contributed by atoms with Crippen LogP contribution in [0.5, 0.6) is 0 Å². The van der Waals surface area contributed by atoms with Crippen molar-refractivity contribution >= 4 is 11.6 Å². The molecule has 0 radical (unpaired) electrons. The lowest BCUT2D eigenvalue weighted by atomic mass is 10.1. The van der Waals surface area contributed by atoms with Crippen molar-refractivity contribution in [1.82, 2.24) is 14.3 Å². The molecule has 1 amide bonds. The molecular formula is C14H17N3O2. The number of rotatable bonds is 3. The Morgan fingerprint density at radius 3 is 3.11 bits per heavy atom. The summed E-state index contributed by atoms with van der Waals surface area (Å²) in [5, 5.41) is 9.10. The first-order valence-corrected chi connectivity index (χ1v) is 6.57. The SMILES string of the molecule is O=C(Cc1cn2ccccc2n1)N1CCC(CO)C1. The molecule has 0 aromatic carbocycles. The van der Waals surface area contributed by atoms with Gasteiger partial charge in [-0.05, 0) is 18.6 Å². The summed E-state index contributed by atoms with van der Waals surface area (Å²) in [6.07, 6.45) is 5.05. The lowest BCUT2D eigenvalue weighted by Gasteiger charge is -2.15. The van der Waals surface area contributed by atoms with Crippen LogP contribution in [0.4, 0.5) is 0 Å². The molecule has 2 aromatic rings. The van der Waals surface area contributed by atoms with Crippen LogP contribution in [-0.2, 0) is 11.2 Å². The van der Waals surface area contributed by atoms with E-state index in [1.165, 1.54) is 0 Å². The molecule has 19 heavy (non-hydrogen) atoms. The molecule has 1 atom stereocenters. The van der Waals surface area contributed by atoms with E-state index in [4.69, 9.17) is 5.11 Å².